The van der Waals surface area contributed by atoms with Crippen molar-refractivity contribution in [2.24, 2.45) is 5.92 Å². The predicted molar refractivity (Wildman–Crippen MR) is 93.6 cm³/mol. The van der Waals surface area contributed by atoms with Crippen molar-refractivity contribution >= 4 is 11.8 Å². The molecule has 0 bridgehead atoms. The lowest BCUT2D eigenvalue weighted by atomic mass is 9.98. The van der Waals surface area contributed by atoms with Crippen LogP contribution in [-0.2, 0) is 6.42 Å². The third-order valence-electron chi connectivity index (χ3n) is 3.27. The molecule has 1 nitrogen and oxygen atoms in total. The van der Waals surface area contributed by atoms with Crippen molar-refractivity contribution in [3.05, 3.63) is 35.4 Å². The summed E-state index contributed by atoms with van der Waals surface area (Å²) in [6.07, 6.45) is 3.63. The highest BCUT2D eigenvalue weighted by Gasteiger charge is 2.11. The first-order valence-electron chi connectivity index (χ1n) is 8.07. The number of rotatable bonds is 10. The van der Waals surface area contributed by atoms with E-state index in [1.807, 2.05) is 0 Å². The molecule has 0 saturated heterocycles. The van der Waals surface area contributed by atoms with Crippen LogP contribution >= 0.6 is 11.8 Å². The average Bonchev–Trinajstić information content (AvgIpc) is 2.42. The molecule has 1 N–H and O–H groups in total. The topological polar surface area (TPSA) is 12.0 Å². The van der Waals surface area contributed by atoms with E-state index in [0.29, 0.717) is 6.04 Å². The van der Waals surface area contributed by atoms with Crippen LogP contribution in [0.15, 0.2) is 24.3 Å². The zero-order valence-corrected chi connectivity index (χ0v) is 14.4. The molecule has 1 aromatic rings. The fourth-order valence-electron chi connectivity index (χ4n) is 2.35. The molecule has 0 aliphatic carbocycles. The fourth-order valence-corrected chi connectivity index (χ4v) is 3.35. The summed E-state index contributed by atoms with van der Waals surface area (Å²) in [4.78, 5) is 0. The molecule has 1 aromatic carbocycles. The van der Waals surface area contributed by atoms with Crippen LogP contribution in [0.4, 0.5) is 0 Å². The number of hydrogen-bond donors (Lipinski definition) is 1. The maximum atomic E-state index is 3.70. The molecule has 1 atom stereocenters. The lowest BCUT2D eigenvalue weighted by Gasteiger charge is -2.20. The van der Waals surface area contributed by atoms with Crippen LogP contribution in [0.5, 0.6) is 0 Å². The number of thioether (sulfide) groups is 1. The van der Waals surface area contributed by atoms with Crippen molar-refractivity contribution in [2.75, 3.05) is 18.1 Å². The SMILES string of the molecule is CCCNC(CSCCC)c1cccc(CC(C)C)c1. The predicted octanol–water partition coefficient (Wildman–Crippen LogP) is 5.07. The van der Waals surface area contributed by atoms with Crippen molar-refractivity contribution in [1.82, 2.24) is 5.32 Å². The molecular weight excluding hydrogens is 262 g/mol. The zero-order valence-electron chi connectivity index (χ0n) is 13.6. The van der Waals surface area contributed by atoms with E-state index in [9.17, 15) is 0 Å². The molecule has 20 heavy (non-hydrogen) atoms. The van der Waals surface area contributed by atoms with Gasteiger partial charge in [-0.25, -0.2) is 0 Å². The van der Waals surface area contributed by atoms with Gasteiger partial charge in [0, 0.05) is 11.8 Å². The highest BCUT2D eigenvalue weighted by atomic mass is 32.2. The van der Waals surface area contributed by atoms with Gasteiger partial charge in [0.1, 0.15) is 0 Å². The van der Waals surface area contributed by atoms with Crippen molar-refractivity contribution in [2.45, 2.75) is 53.0 Å². The van der Waals surface area contributed by atoms with Crippen LogP contribution in [0, 0.1) is 5.92 Å². The van der Waals surface area contributed by atoms with Crippen LogP contribution in [0.2, 0.25) is 0 Å². The zero-order chi connectivity index (χ0) is 14.8. The summed E-state index contributed by atoms with van der Waals surface area (Å²) in [5.41, 5.74) is 2.93. The standard InChI is InChI=1S/C18H31NS/c1-5-10-19-18(14-20-11-6-2)17-9-7-8-16(13-17)12-15(3)4/h7-9,13,15,18-19H,5-6,10-12,14H2,1-4H3. The molecule has 2 heteroatoms. The van der Waals surface area contributed by atoms with Crippen molar-refractivity contribution < 1.29 is 0 Å². The van der Waals surface area contributed by atoms with E-state index in [1.165, 1.54) is 41.9 Å². The fraction of sp³-hybridized carbons (Fsp3) is 0.667. The molecule has 0 spiro atoms. The Balaban J connectivity index is 2.71. The van der Waals surface area contributed by atoms with E-state index in [1.54, 1.807) is 0 Å². The summed E-state index contributed by atoms with van der Waals surface area (Å²) >= 11 is 2.06. The third-order valence-corrected chi connectivity index (χ3v) is 4.54. The monoisotopic (exact) mass is 293 g/mol. The van der Waals surface area contributed by atoms with Gasteiger partial charge in [-0.1, -0.05) is 52.0 Å². The second-order valence-corrected chi connectivity index (χ2v) is 7.07. The third kappa shape index (κ3) is 6.81. The summed E-state index contributed by atoms with van der Waals surface area (Å²) in [5, 5.41) is 3.70. The summed E-state index contributed by atoms with van der Waals surface area (Å²) in [6, 6.07) is 9.67. The first-order valence-corrected chi connectivity index (χ1v) is 9.22. The number of benzene rings is 1. The van der Waals surface area contributed by atoms with Gasteiger partial charge in [-0.3, -0.25) is 0 Å². The molecule has 0 heterocycles. The van der Waals surface area contributed by atoms with E-state index < -0.39 is 0 Å². The van der Waals surface area contributed by atoms with E-state index >= 15 is 0 Å². The van der Waals surface area contributed by atoms with Gasteiger partial charge in [0.2, 0.25) is 0 Å². The van der Waals surface area contributed by atoms with E-state index in [0.717, 1.165) is 12.5 Å². The lowest BCUT2D eigenvalue weighted by Crippen LogP contribution is -2.24. The Bertz CT molecular complexity index is 362. The van der Waals surface area contributed by atoms with Gasteiger partial charge < -0.3 is 5.32 Å². The Morgan fingerprint density at radius 1 is 1.15 bits per heavy atom. The highest BCUT2D eigenvalue weighted by molar-refractivity contribution is 7.99. The summed E-state index contributed by atoms with van der Waals surface area (Å²) in [7, 11) is 0. The highest BCUT2D eigenvalue weighted by Crippen LogP contribution is 2.21. The molecule has 0 amide bonds. The van der Waals surface area contributed by atoms with Gasteiger partial charge in [0.15, 0.2) is 0 Å². The summed E-state index contributed by atoms with van der Waals surface area (Å²) in [5.74, 6) is 3.16. The second-order valence-electron chi connectivity index (χ2n) is 5.92. The largest absolute Gasteiger partial charge is 0.309 e. The molecule has 0 aliphatic heterocycles. The molecule has 0 aromatic heterocycles. The van der Waals surface area contributed by atoms with Gasteiger partial charge in [0.25, 0.3) is 0 Å². The lowest BCUT2D eigenvalue weighted by molar-refractivity contribution is 0.575. The van der Waals surface area contributed by atoms with Gasteiger partial charge in [-0.05, 0) is 48.6 Å². The first kappa shape index (κ1) is 17.6. The minimum absolute atomic E-state index is 0.499. The molecule has 114 valence electrons. The van der Waals surface area contributed by atoms with Crippen molar-refractivity contribution in [1.29, 1.82) is 0 Å². The molecule has 0 radical (unpaired) electrons. The number of nitrogens with one attached hydrogen (secondary N) is 1. The number of hydrogen-bond acceptors (Lipinski definition) is 2. The molecule has 0 aliphatic rings. The minimum Gasteiger partial charge on any atom is -0.309 e. The Morgan fingerprint density at radius 2 is 1.95 bits per heavy atom. The smallest absolute Gasteiger partial charge is 0.0411 e. The quantitative estimate of drug-likeness (QED) is 0.604. The van der Waals surface area contributed by atoms with Crippen LogP contribution in [0.25, 0.3) is 0 Å². The Labute approximate surface area is 129 Å². The maximum absolute atomic E-state index is 3.70. The first-order chi connectivity index (χ1) is 9.67. The van der Waals surface area contributed by atoms with Gasteiger partial charge in [-0.15, -0.1) is 0 Å². The van der Waals surface area contributed by atoms with Crippen LogP contribution in [-0.4, -0.2) is 18.1 Å². The van der Waals surface area contributed by atoms with Crippen LogP contribution in [0.3, 0.4) is 0 Å². The normalized spacial score (nSPS) is 12.8. The molecule has 1 unspecified atom stereocenters. The van der Waals surface area contributed by atoms with Crippen LogP contribution in [0.1, 0.15) is 57.7 Å². The van der Waals surface area contributed by atoms with E-state index in [2.05, 4.69) is 69.0 Å². The second kappa shape index (κ2) is 10.3. The van der Waals surface area contributed by atoms with Crippen LogP contribution < -0.4 is 5.32 Å². The van der Waals surface area contributed by atoms with Crippen molar-refractivity contribution in [3.8, 4) is 0 Å². The Hall–Kier alpha value is -0.470. The maximum Gasteiger partial charge on any atom is 0.0411 e. The summed E-state index contributed by atoms with van der Waals surface area (Å²) < 4.78 is 0. The Kier molecular flexibility index (Phi) is 9.04. The average molecular weight is 294 g/mol. The van der Waals surface area contributed by atoms with Crippen molar-refractivity contribution in [3.63, 3.8) is 0 Å². The summed E-state index contributed by atoms with van der Waals surface area (Å²) in [6.45, 7) is 10.2. The Morgan fingerprint density at radius 3 is 2.60 bits per heavy atom. The minimum atomic E-state index is 0.499. The molecule has 0 saturated carbocycles. The van der Waals surface area contributed by atoms with Gasteiger partial charge >= 0.3 is 0 Å². The van der Waals surface area contributed by atoms with E-state index in [4.69, 9.17) is 0 Å². The van der Waals surface area contributed by atoms with Gasteiger partial charge in [0.05, 0.1) is 0 Å². The van der Waals surface area contributed by atoms with E-state index in [-0.39, 0.29) is 0 Å². The molecule has 1 rings (SSSR count). The molecule has 0 fully saturated rings. The molecular formula is C18H31NS. The van der Waals surface area contributed by atoms with Gasteiger partial charge in [-0.2, -0.15) is 11.8 Å².